The highest BCUT2D eigenvalue weighted by Crippen LogP contribution is 2.20. The fourth-order valence-electron chi connectivity index (χ4n) is 2.35. The Morgan fingerprint density at radius 1 is 1.50 bits per heavy atom. The van der Waals surface area contributed by atoms with Crippen LogP contribution in [0.15, 0.2) is 18.7 Å². The van der Waals surface area contributed by atoms with Crippen molar-refractivity contribution in [2.75, 3.05) is 6.61 Å². The van der Waals surface area contributed by atoms with Crippen molar-refractivity contribution in [3.8, 4) is 0 Å². The topological polar surface area (TPSA) is 67.2 Å². The minimum Gasteiger partial charge on any atom is -0.396 e. The Balaban J connectivity index is 2.62. The molecule has 0 radical (unpaired) electrons. The van der Waals surface area contributed by atoms with Gasteiger partial charge in [0.1, 0.15) is 0 Å². The summed E-state index contributed by atoms with van der Waals surface area (Å²) in [4.78, 5) is 16.3. The van der Waals surface area contributed by atoms with E-state index in [1.807, 2.05) is 24.6 Å². The van der Waals surface area contributed by atoms with Gasteiger partial charge in [0, 0.05) is 37.0 Å². The molecule has 2 unspecified atom stereocenters. The number of rotatable bonds is 9. The van der Waals surface area contributed by atoms with Crippen LogP contribution in [-0.4, -0.2) is 32.7 Å². The lowest BCUT2D eigenvalue weighted by atomic mass is 9.94. The standard InChI is InChI=1S/C15H27N3O2/c1-4-6-13(18-9-8-16-12-18)11-14(20)17-15(3,5-2)7-10-19/h8-9,12-13,19H,4-7,10-11H2,1-3H3,(H,17,20). The molecule has 0 aliphatic carbocycles. The van der Waals surface area contributed by atoms with E-state index >= 15 is 0 Å². The first-order valence-electron chi connectivity index (χ1n) is 7.44. The second kappa shape index (κ2) is 8.04. The molecule has 5 nitrogen and oxygen atoms in total. The number of aliphatic hydroxyl groups excluding tert-OH is 1. The van der Waals surface area contributed by atoms with Gasteiger partial charge in [-0.2, -0.15) is 0 Å². The first-order valence-corrected chi connectivity index (χ1v) is 7.44. The molecule has 0 aliphatic heterocycles. The molecule has 0 bridgehead atoms. The molecular weight excluding hydrogens is 254 g/mol. The van der Waals surface area contributed by atoms with Crippen LogP contribution in [0.25, 0.3) is 0 Å². The second-order valence-electron chi connectivity index (χ2n) is 5.59. The van der Waals surface area contributed by atoms with Crippen LogP contribution in [0, 0.1) is 0 Å². The Morgan fingerprint density at radius 2 is 2.25 bits per heavy atom. The van der Waals surface area contributed by atoms with Crippen molar-refractivity contribution in [1.29, 1.82) is 0 Å². The van der Waals surface area contributed by atoms with Gasteiger partial charge >= 0.3 is 0 Å². The quantitative estimate of drug-likeness (QED) is 0.729. The minimum absolute atomic E-state index is 0.0370. The molecule has 2 atom stereocenters. The fraction of sp³-hybridized carbons (Fsp3) is 0.733. The van der Waals surface area contributed by atoms with Crippen molar-refractivity contribution in [1.82, 2.24) is 14.9 Å². The van der Waals surface area contributed by atoms with E-state index in [9.17, 15) is 4.79 Å². The third kappa shape index (κ3) is 4.96. The zero-order chi connectivity index (χ0) is 15.0. The highest BCUT2D eigenvalue weighted by Gasteiger charge is 2.25. The number of hydrogen-bond donors (Lipinski definition) is 2. The molecule has 0 saturated heterocycles. The molecule has 1 heterocycles. The Hall–Kier alpha value is -1.36. The predicted molar refractivity (Wildman–Crippen MR) is 79.3 cm³/mol. The first kappa shape index (κ1) is 16.7. The largest absolute Gasteiger partial charge is 0.396 e. The molecule has 5 heteroatoms. The molecule has 0 fully saturated rings. The maximum Gasteiger partial charge on any atom is 0.222 e. The summed E-state index contributed by atoms with van der Waals surface area (Å²) in [6.45, 7) is 6.21. The average molecular weight is 281 g/mol. The highest BCUT2D eigenvalue weighted by atomic mass is 16.3. The number of amides is 1. The Kier molecular flexibility index (Phi) is 6.71. The summed E-state index contributed by atoms with van der Waals surface area (Å²) in [5.41, 5.74) is -0.322. The Morgan fingerprint density at radius 3 is 2.75 bits per heavy atom. The Labute approximate surface area is 121 Å². The van der Waals surface area contributed by atoms with E-state index in [2.05, 4.69) is 17.2 Å². The number of hydrogen-bond acceptors (Lipinski definition) is 3. The van der Waals surface area contributed by atoms with Gasteiger partial charge in [-0.1, -0.05) is 20.3 Å². The smallest absolute Gasteiger partial charge is 0.222 e. The lowest BCUT2D eigenvalue weighted by Gasteiger charge is -2.30. The molecule has 0 saturated carbocycles. The Bertz CT molecular complexity index is 392. The SMILES string of the molecule is CCCC(CC(=O)NC(C)(CC)CCO)n1ccnc1. The zero-order valence-corrected chi connectivity index (χ0v) is 12.8. The first-order chi connectivity index (χ1) is 9.54. The molecule has 0 aliphatic rings. The van der Waals surface area contributed by atoms with Crippen molar-refractivity contribution in [3.63, 3.8) is 0 Å². The van der Waals surface area contributed by atoms with Gasteiger partial charge in [0.2, 0.25) is 5.91 Å². The molecule has 1 aromatic rings. The molecule has 1 rings (SSSR count). The zero-order valence-electron chi connectivity index (χ0n) is 12.8. The van der Waals surface area contributed by atoms with Crippen LogP contribution >= 0.6 is 0 Å². The van der Waals surface area contributed by atoms with E-state index in [4.69, 9.17) is 5.11 Å². The molecular formula is C15H27N3O2. The normalized spacial score (nSPS) is 15.6. The summed E-state index contributed by atoms with van der Waals surface area (Å²) in [6, 6.07) is 0.151. The van der Waals surface area contributed by atoms with Gasteiger partial charge in [-0.05, 0) is 26.2 Å². The fourth-order valence-corrected chi connectivity index (χ4v) is 2.35. The number of imidazole rings is 1. The monoisotopic (exact) mass is 281 g/mol. The van der Waals surface area contributed by atoms with Crippen molar-refractivity contribution in [2.45, 2.75) is 64.5 Å². The molecule has 114 valence electrons. The van der Waals surface area contributed by atoms with Gasteiger partial charge in [0.25, 0.3) is 0 Å². The van der Waals surface area contributed by atoms with Crippen LogP contribution in [0.3, 0.4) is 0 Å². The van der Waals surface area contributed by atoms with Gasteiger partial charge < -0.3 is 15.0 Å². The van der Waals surface area contributed by atoms with Crippen molar-refractivity contribution < 1.29 is 9.90 Å². The summed E-state index contributed by atoms with van der Waals surface area (Å²) in [5, 5.41) is 12.2. The van der Waals surface area contributed by atoms with E-state index in [0.717, 1.165) is 19.3 Å². The molecule has 0 spiro atoms. The molecule has 1 amide bonds. The van der Waals surface area contributed by atoms with Crippen LogP contribution in [0.5, 0.6) is 0 Å². The maximum atomic E-state index is 12.2. The van der Waals surface area contributed by atoms with Crippen LogP contribution in [-0.2, 0) is 4.79 Å². The third-order valence-electron chi connectivity index (χ3n) is 3.87. The highest BCUT2D eigenvalue weighted by molar-refractivity contribution is 5.77. The predicted octanol–water partition coefficient (Wildman–Crippen LogP) is 2.28. The lowest BCUT2D eigenvalue weighted by molar-refractivity contribution is -0.123. The van der Waals surface area contributed by atoms with Crippen LogP contribution in [0.4, 0.5) is 0 Å². The molecule has 0 aromatic carbocycles. The second-order valence-corrected chi connectivity index (χ2v) is 5.59. The van der Waals surface area contributed by atoms with Gasteiger partial charge in [-0.15, -0.1) is 0 Å². The van der Waals surface area contributed by atoms with Crippen LogP contribution in [0.1, 0.15) is 58.9 Å². The number of aromatic nitrogens is 2. The van der Waals surface area contributed by atoms with Crippen molar-refractivity contribution >= 4 is 5.91 Å². The van der Waals surface area contributed by atoms with E-state index in [0.29, 0.717) is 12.8 Å². The number of aliphatic hydroxyl groups is 1. The maximum absolute atomic E-state index is 12.2. The molecule has 2 N–H and O–H groups in total. The van der Waals surface area contributed by atoms with Crippen molar-refractivity contribution in [2.24, 2.45) is 0 Å². The number of nitrogens with one attached hydrogen (secondary N) is 1. The summed E-state index contributed by atoms with van der Waals surface area (Å²) >= 11 is 0. The average Bonchev–Trinajstić information content (AvgIpc) is 2.92. The van der Waals surface area contributed by atoms with E-state index in [1.165, 1.54) is 0 Å². The lowest BCUT2D eigenvalue weighted by Crippen LogP contribution is -2.46. The number of nitrogens with zero attached hydrogens (tertiary/aromatic N) is 2. The summed E-state index contributed by atoms with van der Waals surface area (Å²) in [5.74, 6) is 0.0370. The van der Waals surface area contributed by atoms with Crippen molar-refractivity contribution in [3.05, 3.63) is 18.7 Å². The van der Waals surface area contributed by atoms with Gasteiger partial charge in [0.15, 0.2) is 0 Å². The van der Waals surface area contributed by atoms with Crippen LogP contribution in [0.2, 0.25) is 0 Å². The van der Waals surface area contributed by atoms with Crippen LogP contribution < -0.4 is 5.32 Å². The van der Waals surface area contributed by atoms with Gasteiger partial charge in [-0.25, -0.2) is 4.98 Å². The van der Waals surface area contributed by atoms with E-state index in [1.54, 1.807) is 12.5 Å². The van der Waals surface area contributed by atoms with Gasteiger partial charge in [0.05, 0.1) is 6.33 Å². The third-order valence-corrected chi connectivity index (χ3v) is 3.87. The summed E-state index contributed by atoms with van der Waals surface area (Å²) in [7, 11) is 0. The van der Waals surface area contributed by atoms with E-state index in [-0.39, 0.29) is 24.1 Å². The summed E-state index contributed by atoms with van der Waals surface area (Å²) < 4.78 is 2.00. The summed E-state index contributed by atoms with van der Waals surface area (Å²) in [6.07, 6.45) is 9.22. The number of carbonyl (C=O) groups excluding carboxylic acids is 1. The van der Waals surface area contributed by atoms with Gasteiger partial charge in [-0.3, -0.25) is 4.79 Å². The minimum atomic E-state index is -0.322. The molecule has 20 heavy (non-hydrogen) atoms. The van der Waals surface area contributed by atoms with E-state index < -0.39 is 0 Å². The number of carbonyl (C=O) groups is 1. The molecule has 1 aromatic heterocycles.